The summed E-state index contributed by atoms with van der Waals surface area (Å²) in [5.74, 6) is 0.588. The largest absolute Gasteiger partial charge is 0.338 e. The summed E-state index contributed by atoms with van der Waals surface area (Å²) in [7, 11) is 0. The van der Waals surface area contributed by atoms with Crippen LogP contribution in [0.5, 0.6) is 0 Å². The van der Waals surface area contributed by atoms with Crippen molar-refractivity contribution < 1.29 is 4.79 Å². The summed E-state index contributed by atoms with van der Waals surface area (Å²) < 4.78 is 0. The van der Waals surface area contributed by atoms with Gasteiger partial charge in [-0.05, 0) is 48.9 Å². The molecule has 1 fully saturated rings. The van der Waals surface area contributed by atoms with Gasteiger partial charge in [-0.2, -0.15) is 5.10 Å². The number of hydrogen-bond acceptors (Lipinski definition) is 4. The van der Waals surface area contributed by atoms with Gasteiger partial charge in [-0.15, -0.1) is 11.3 Å². The van der Waals surface area contributed by atoms with Gasteiger partial charge in [-0.25, -0.2) is 4.98 Å². The van der Waals surface area contributed by atoms with Gasteiger partial charge in [0.25, 0.3) is 5.91 Å². The van der Waals surface area contributed by atoms with Crippen molar-refractivity contribution in [3.63, 3.8) is 0 Å². The Balaban J connectivity index is 1.49. The number of nitrogens with zero attached hydrogens (tertiary/aromatic N) is 3. The Morgan fingerprint density at radius 2 is 2.17 bits per heavy atom. The summed E-state index contributed by atoms with van der Waals surface area (Å²) in [6, 6.07) is 6.02. The Hall–Kier alpha value is -2.21. The van der Waals surface area contributed by atoms with Gasteiger partial charge in [-0.3, -0.25) is 9.89 Å². The van der Waals surface area contributed by atoms with E-state index in [1.807, 2.05) is 29.3 Å². The maximum atomic E-state index is 12.6. The third kappa shape index (κ3) is 2.53. The lowest BCUT2D eigenvalue weighted by Crippen LogP contribution is -2.37. The molecule has 1 saturated heterocycles. The average molecular weight is 326 g/mol. The number of carbonyl (C=O) groups is 1. The number of pyridine rings is 1. The van der Waals surface area contributed by atoms with Crippen LogP contribution >= 0.6 is 11.3 Å². The summed E-state index contributed by atoms with van der Waals surface area (Å²) in [5, 5.41) is 10.5. The first kappa shape index (κ1) is 14.4. The van der Waals surface area contributed by atoms with Crippen LogP contribution in [0.25, 0.3) is 11.0 Å². The lowest BCUT2D eigenvalue weighted by atomic mass is 9.92. The van der Waals surface area contributed by atoms with Crippen LogP contribution in [0.4, 0.5) is 0 Å². The Bertz CT molecular complexity index is 845. The topological polar surface area (TPSA) is 61.9 Å². The van der Waals surface area contributed by atoms with Crippen molar-refractivity contribution in [3.05, 3.63) is 45.9 Å². The molecule has 0 aliphatic carbocycles. The highest BCUT2D eigenvalue weighted by molar-refractivity contribution is 7.12. The number of nitrogens with one attached hydrogen (secondary N) is 1. The molecule has 4 heterocycles. The van der Waals surface area contributed by atoms with Crippen LogP contribution in [0.2, 0.25) is 0 Å². The standard InChI is InChI=1S/C17H18N4OS/c1-11-6-10-23-15(11)17(22)21-8-4-12(5-9-21)14-13-3-2-7-18-16(13)20-19-14/h2-3,6-7,10,12H,4-5,8-9H2,1H3,(H,18,19,20). The van der Waals surface area contributed by atoms with Crippen molar-refractivity contribution in [3.8, 4) is 0 Å². The minimum absolute atomic E-state index is 0.173. The minimum atomic E-state index is 0.173. The number of amides is 1. The molecule has 3 aromatic heterocycles. The normalized spacial score (nSPS) is 16.1. The summed E-state index contributed by atoms with van der Waals surface area (Å²) in [4.78, 5) is 19.7. The molecule has 118 valence electrons. The van der Waals surface area contributed by atoms with Crippen LogP contribution in [0.15, 0.2) is 29.8 Å². The number of likely N-dealkylation sites (tertiary alicyclic amines) is 1. The van der Waals surface area contributed by atoms with Crippen molar-refractivity contribution >= 4 is 28.3 Å². The van der Waals surface area contributed by atoms with Crippen molar-refractivity contribution in [2.45, 2.75) is 25.7 Å². The first-order chi connectivity index (χ1) is 11.2. The lowest BCUT2D eigenvalue weighted by Gasteiger charge is -2.31. The quantitative estimate of drug-likeness (QED) is 0.785. The highest BCUT2D eigenvalue weighted by atomic mass is 32.1. The van der Waals surface area contributed by atoms with Crippen molar-refractivity contribution in [1.29, 1.82) is 0 Å². The Labute approximate surface area is 138 Å². The number of H-pyrrole nitrogens is 1. The number of aromatic nitrogens is 3. The average Bonchev–Trinajstić information content (AvgIpc) is 3.20. The second-order valence-electron chi connectivity index (χ2n) is 6.01. The summed E-state index contributed by atoms with van der Waals surface area (Å²) in [6.07, 6.45) is 3.68. The molecule has 0 saturated carbocycles. The molecule has 0 unspecified atom stereocenters. The van der Waals surface area contributed by atoms with E-state index in [9.17, 15) is 4.79 Å². The van der Waals surface area contributed by atoms with Gasteiger partial charge in [0.15, 0.2) is 5.65 Å². The van der Waals surface area contributed by atoms with E-state index in [-0.39, 0.29) is 5.91 Å². The smallest absolute Gasteiger partial charge is 0.264 e. The number of hydrogen-bond donors (Lipinski definition) is 1. The summed E-state index contributed by atoms with van der Waals surface area (Å²) >= 11 is 1.54. The van der Waals surface area contributed by atoms with Crippen LogP contribution in [0.1, 0.15) is 39.7 Å². The van der Waals surface area contributed by atoms with E-state index in [1.54, 1.807) is 6.20 Å². The first-order valence-electron chi connectivity index (χ1n) is 7.86. The van der Waals surface area contributed by atoms with E-state index in [2.05, 4.69) is 21.2 Å². The second-order valence-corrected chi connectivity index (χ2v) is 6.93. The summed E-state index contributed by atoms with van der Waals surface area (Å²) in [5.41, 5.74) is 3.01. The van der Waals surface area contributed by atoms with E-state index in [4.69, 9.17) is 0 Å². The van der Waals surface area contributed by atoms with Crippen LogP contribution in [-0.4, -0.2) is 39.1 Å². The predicted octanol–water partition coefficient (Wildman–Crippen LogP) is 3.35. The highest BCUT2D eigenvalue weighted by Gasteiger charge is 2.27. The molecule has 5 nitrogen and oxygen atoms in total. The number of rotatable bonds is 2. The molecule has 0 atom stereocenters. The van der Waals surface area contributed by atoms with Crippen LogP contribution < -0.4 is 0 Å². The molecule has 0 bridgehead atoms. The number of piperidine rings is 1. The van der Waals surface area contributed by atoms with Gasteiger partial charge >= 0.3 is 0 Å². The maximum absolute atomic E-state index is 12.6. The molecule has 0 aromatic carbocycles. The molecule has 4 rings (SSSR count). The molecule has 1 aliphatic heterocycles. The number of aryl methyl sites for hydroxylation is 1. The van der Waals surface area contributed by atoms with Gasteiger partial charge in [0.2, 0.25) is 0 Å². The molecule has 0 radical (unpaired) electrons. The fraction of sp³-hybridized carbons (Fsp3) is 0.353. The van der Waals surface area contributed by atoms with Gasteiger partial charge in [0.1, 0.15) is 0 Å². The van der Waals surface area contributed by atoms with Crippen LogP contribution in [-0.2, 0) is 0 Å². The molecule has 1 aliphatic rings. The van der Waals surface area contributed by atoms with Crippen molar-refractivity contribution in [2.24, 2.45) is 0 Å². The molecule has 1 amide bonds. The van der Waals surface area contributed by atoms with Crippen molar-refractivity contribution in [1.82, 2.24) is 20.1 Å². The molecular formula is C17H18N4OS. The number of aromatic amines is 1. The number of thiophene rings is 1. The third-order valence-corrected chi connectivity index (χ3v) is 5.61. The lowest BCUT2D eigenvalue weighted by molar-refractivity contribution is 0.0716. The molecular weight excluding hydrogens is 308 g/mol. The zero-order chi connectivity index (χ0) is 15.8. The highest BCUT2D eigenvalue weighted by Crippen LogP contribution is 2.31. The van der Waals surface area contributed by atoms with E-state index in [0.717, 1.165) is 53.1 Å². The second kappa shape index (κ2) is 5.77. The van der Waals surface area contributed by atoms with Gasteiger partial charge in [0.05, 0.1) is 4.88 Å². The fourth-order valence-corrected chi connectivity index (χ4v) is 4.18. The number of carbonyl (C=O) groups excluding carboxylic acids is 1. The first-order valence-corrected chi connectivity index (χ1v) is 8.74. The van der Waals surface area contributed by atoms with Gasteiger partial charge < -0.3 is 4.90 Å². The van der Waals surface area contributed by atoms with E-state index >= 15 is 0 Å². The third-order valence-electron chi connectivity index (χ3n) is 4.61. The van der Waals surface area contributed by atoms with E-state index < -0.39 is 0 Å². The number of fused-ring (bicyclic) bond motifs is 1. The molecule has 6 heteroatoms. The Kier molecular flexibility index (Phi) is 3.61. The zero-order valence-electron chi connectivity index (χ0n) is 13.0. The van der Waals surface area contributed by atoms with Gasteiger partial charge in [-0.1, -0.05) is 0 Å². The van der Waals surface area contributed by atoms with Gasteiger partial charge in [0, 0.05) is 36.3 Å². The Morgan fingerprint density at radius 1 is 1.35 bits per heavy atom. The molecule has 3 aromatic rings. The van der Waals surface area contributed by atoms with E-state index in [0.29, 0.717) is 5.92 Å². The monoisotopic (exact) mass is 326 g/mol. The Morgan fingerprint density at radius 3 is 2.91 bits per heavy atom. The molecule has 23 heavy (non-hydrogen) atoms. The summed E-state index contributed by atoms with van der Waals surface area (Å²) in [6.45, 7) is 3.59. The van der Waals surface area contributed by atoms with E-state index in [1.165, 1.54) is 11.3 Å². The minimum Gasteiger partial charge on any atom is -0.338 e. The molecule has 1 N–H and O–H groups in total. The SMILES string of the molecule is Cc1ccsc1C(=O)N1CCC(c2[nH]nc3ncccc23)CC1. The maximum Gasteiger partial charge on any atom is 0.264 e. The molecule has 0 spiro atoms. The van der Waals surface area contributed by atoms with Crippen LogP contribution in [0.3, 0.4) is 0 Å². The van der Waals surface area contributed by atoms with Crippen LogP contribution in [0, 0.1) is 6.92 Å². The zero-order valence-corrected chi connectivity index (χ0v) is 13.8. The van der Waals surface area contributed by atoms with Crippen molar-refractivity contribution in [2.75, 3.05) is 13.1 Å². The fourth-order valence-electron chi connectivity index (χ4n) is 3.29. The predicted molar refractivity (Wildman–Crippen MR) is 90.8 cm³/mol.